The molecule has 0 aliphatic heterocycles. The summed E-state index contributed by atoms with van der Waals surface area (Å²) in [5, 5.41) is 11.9. The lowest BCUT2D eigenvalue weighted by Gasteiger charge is -2.08. The number of halogens is 1. The van der Waals surface area contributed by atoms with Crippen LogP contribution in [-0.2, 0) is 0 Å². The molecular formula is C14H11BrN4O. The predicted octanol–water partition coefficient (Wildman–Crippen LogP) is 3.10. The first kappa shape index (κ1) is 12.8. The Balaban J connectivity index is 2.15. The van der Waals surface area contributed by atoms with Crippen LogP contribution >= 0.6 is 15.9 Å². The maximum Gasteiger partial charge on any atom is 0.187 e. The summed E-state index contributed by atoms with van der Waals surface area (Å²) in [4.78, 5) is 0. The number of aromatic nitrogens is 4. The van der Waals surface area contributed by atoms with Crippen LogP contribution in [-0.4, -0.2) is 27.3 Å². The Bertz CT molecular complexity index is 727. The first-order valence-corrected chi connectivity index (χ1v) is 6.76. The fourth-order valence-electron chi connectivity index (χ4n) is 1.90. The smallest absolute Gasteiger partial charge is 0.187 e. The second-order valence-electron chi connectivity index (χ2n) is 4.10. The highest BCUT2D eigenvalue weighted by atomic mass is 79.9. The average molecular weight is 331 g/mol. The van der Waals surface area contributed by atoms with Gasteiger partial charge in [-0.3, -0.25) is 0 Å². The van der Waals surface area contributed by atoms with E-state index in [9.17, 15) is 0 Å². The van der Waals surface area contributed by atoms with Crippen molar-refractivity contribution in [1.29, 1.82) is 0 Å². The molecule has 0 spiro atoms. The lowest BCUT2D eigenvalue weighted by molar-refractivity contribution is 0.414. The van der Waals surface area contributed by atoms with Crippen LogP contribution in [0.5, 0.6) is 5.75 Å². The molecule has 100 valence electrons. The van der Waals surface area contributed by atoms with Crippen LogP contribution in [0.15, 0.2) is 53.0 Å². The summed E-state index contributed by atoms with van der Waals surface area (Å²) < 4.78 is 7.82. The molecule has 2 aromatic carbocycles. The number of rotatable bonds is 3. The molecule has 0 radical (unpaired) electrons. The lowest BCUT2D eigenvalue weighted by atomic mass is 10.2. The van der Waals surface area contributed by atoms with Gasteiger partial charge in [0.25, 0.3) is 0 Å². The van der Waals surface area contributed by atoms with Gasteiger partial charge < -0.3 is 4.74 Å². The zero-order chi connectivity index (χ0) is 13.9. The maximum atomic E-state index is 5.25. The van der Waals surface area contributed by atoms with Gasteiger partial charge in [-0.15, -0.1) is 5.10 Å². The number of hydrogen-bond acceptors (Lipinski definition) is 4. The molecule has 5 nitrogen and oxygen atoms in total. The van der Waals surface area contributed by atoms with Crippen molar-refractivity contribution in [1.82, 2.24) is 20.2 Å². The summed E-state index contributed by atoms with van der Waals surface area (Å²) in [5.74, 6) is 1.43. The van der Waals surface area contributed by atoms with E-state index in [1.165, 1.54) is 0 Å². The highest BCUT2D eigenvalue weighted by Crippen LogP contribution is 2.28. The van der Waals surface area contributed by atoms with Crippen molar-refractivity contribution < 1.29 is 4.74 Å². The topological polar surface area (TPSA) is 52.8 Å². The molecule has 1 aromatic heterocycles. The standard InChI is InChI=1S/C14H11BrN4O/c1-20-11-7-8-12(15)13(9-11)19-14(16-17-18-19)10-5-3-2-4-6-10/h2-9H,1H3. The van der Waals surface area contributed by atoms with E-state index in [0.29, 0.717) is 5.82 Å². The molecule has 6 heteroatoms. The van der Waals surface area contributed by atoms with E-state index < -0.39 is 0 Å². The number of nitrogens with zero attached hydrogens (tertiary/aromatic N) is 4. The average Bonchev–Trinajstić information content (AvgIpc) is 2.98. The Labute approximate surface area is 124 Å². The molecule has 0 aliphatic carbocycles. The number of ether oxygens (including phenoxy) is 1. The maximum absolute atomic E-state index is 5.25. The summed E-state index contributed by atoms with van der Waals surface area (Å²) in [7, 11) is 1.63. The van der Waals surface area contributed by atoms with Crippen molar-refractivity contribution in [3.63, 3.8) is 0 Å². The van der Waals surface area contributed by atoms with Crippen molar-refractivity contribution in [2.75, 3.05) is 7.11 Å². The quantitative estimate of drug-likeness (QED) is 0.740. The van der Waals surface area contributed by atoms with E-state index in [1.54, 1.807) is 11.8 Å². The van der Waals surface area contributed by atoms with Crippen LogP contribution in [0.25, 0.3) is 17.1 Å². The minimum Gasteiger partial charge on any atom is -0.497 e. The molecule has 0 amide bonds. The molecule has 20 heavy (non-hydrogen) atoms. The molecule has 0 aliphatic rings. The van der Waals surface area contributed by atoms with Crippen molar-refractivity contribution in [3.8, 4) is 22.8 Å². The minimum atomic E-state index is 0.680. The Hall–Kier alpha value is -2.21. The van der Waals surface area contributed by atoms with Gasteiger partial charge in [0, 0.05) is 16.1 Å². The van der Waals surface area contributed by atoms with Crippen LogP contribution in [0, 0.1) is 0 Å². The Morgan fingerprint density at radius 2 is 1.90 bits per heavy atom. The normalized spacial score (nSPS) is 10.5. The first-order chi connectivity index (χ1) is 9.79. The van der Waals surface area contributed by atoms with Gasteiger partial charge >= 0.3 is 0 Å². The van der Waals surface area contributed by atoms with E-state index in [2.05, 4.69) is 31.5 Å². The Kier molecular flexibility index (Phi) is 3.47. The number of hydrogen-bond donors (Lipinski definition) is 0. The third-order valence-corrected chi connectivity index (χ3v) is 3.55. The van der Waals surface area contributed by atoms with Gasteiger partial charge in [-0.2, -0.15) is 4.68 Å². The van der Waals surface area contributed by atoms with E-state index in [0.717, 1.165) is 21.5 Å². The highest BCUT2D eigenvalue weighted by molar-refractivity contribution is 9.10. The van der Waals surface area contributed by atoms with Gasteiger partial charge in [0.15, 0.2) is 5.82 Å². The third kappa shape index (κ3) is 2.30. The van der Waals surface area contributed by atoms with E-state index >= 15 is 0 Å². The minimum absolute atomic E-state index is 0.680. The molecule has 0 saturated carbocycles. The first-order valence-electron chi connectivity index (χ1n) is 5.97. The van der Waals surface area contributed by atoms with Crippen LogP contribution in [0.4, 0.5) is 0 Å². The molecule has 0 atom stereocenters. The molecule has 0 bridgehead atoms. The molecule has 1 heterocycles. The Morgan fingerprint density at radius 1 is 1.10 bits per heavy atom. The van der Waals surface area contributed by atoms with Crippen LogP contribution < -0.4 is 4.74 Å². The predicted molar refractivity (Wildman–Crippen MR) is 78.8 cm³/mol. The molecule has 0 fully saturated rings. The number of methoxy groups -OCH3 is 1. The Morgan fingerprint density at radius 3 is 2.65 bits per heavy atom. The van der Waals surface area contributed by atoms with Crippen molar-refractivity contribution in [3.05, 3.63) is 53.0 Å². The summed E-state index contributed by atoms with van der Waals surface area (Å²) in [6.45, 7) is 0. The second-order valence-corrected chi connectivity index (χ2v) is 4.95. The van der Waals surface area contributed by atoms with Gasteiger partial charge in [-0.1, -0.05) is 30.3 Å². The van der Waals surface area contributed by atoms with Crippen LogP contribution in [0.2, 0.25) is 0 Å². The SMILES string of the molecule is COc1ccc(Br)c(-n2nnnc2-c2ccccc2)c1. The molecule has 3 rings (SSSR count). The van der Waals surface area contributed by atoms with E-state index in [-0.39, 0.29) is 0 Å². The van der Waals surface area contributed by atoms with Gasteiger partial charge in [-0.05, 0) is 38.5 Å². The second kappa shape index (κ2) is 5.42. The zero-order valence-corrected chi connectivity index (χ0v) is 12.3. The van der Waals surface area contributed by atoms with Gasteiger partial charge in [0.2, 0.25) is 0 Å². The molecule has 0 unspecified atom stereocenters. The molecule has 0 saturated heterocycles. The fourth-order valence-corrected chi connectivity index (χ4v) is 2.31. The van der Waals surface area contributed by atoms with Gasteiger partial charge in [0.1, 0.15) is 5.75 Å². The van der Waals surface area contributed by atoms with E-state index in [4.69, 9.17) is 4.74 Å². The van der Waals surface area contributed by atoms with Gasteiger partial charge in [0.05, 0.1) is 12.8 Å². The monoisotopic (exact) mass is 330 g/mol. The lowest BCUT2D eigenvalue weighted by Crippen LogP contribution is -2.01. The van der Waals surface area contributed by atoms with E-state index in [1.807, 2.05) is 48.5 Å². The van der Waals surface area contributed by atoms with Crippen molar-refractivity contribution in [2.45, 2.75) is 0 Å². The summed E-state index contributed by atoms with van der Waals surface area (Å²) in [6.07, 6.45) is 0. The molecule has 0 N–H and O–H groups in total. The number of benzene rings is 2. The summed E-state index contributed by atoms with van der Waals surface area (Å²) in [6, 6.07) is 15.5. The fraction of sp³-hybridized carbons (Fsp3) is 0.0714. The summed E-state index contributed by atoms with van der Waals surface area (Å²) >= 11 is 3.52. The molecular weight excluding hydrogens is 320 g/mol. The van der Waals surface area contributed by atoms with Gasteiger partial charge in [-0.25, -0.2) is 0 Å². The third-order valence-electron chi connectivity index (χ3n) is 2.88. The van der Waals surface area contributed by atoms with Crippen molar-refractivity contribution in [2.24, 2.45) is 0 Å². The van der Waals surface area contributed by atoms with Crippen molar-refractivity contribution >= 4 is 15.9 Å². The van der Waals surface area contributed by atoms with Crippen LogP contribution in [0.1, 0.15) is 0 Å². The largest absolute Gasteiger partial charge is 0.497 e. The highest BCUT2D eigenvalue weighted by Gasteiger charge is 2.13. The zero-order valence-electron chi connectivity index (χ0n) is 10.7. The molecule has 3 aromatic rings. The summed E-state index contributed by atoms with van der Waals surface area (Å²) in [5.41, 5.74) is 1.78. The number of tetrazole rings is 1. The van der Waals surface area contributed by atoms with Crippen LogP contribution in [0.3, 0.4) is 0 Å².